The third-order valence-corrected chi connectivity index (χ3v) is 7.58. The molecule has 0 saturated heterocycles. The molecule has 0 spiro atoms. The number of hydrogen-bond acceptors (Lipinski definition) is 4. The van der Waals surface area contributed by atoms with Gasteiger partial charge in [0.25, 0.3) is 0 Å². The molecule has 218 valence electrons. The molecular formula is C36H32Cl2N2O3. The summed E-state index contributed by atoms with van der Waals surface area (Å²) < 4.78 is 12.7. The van der Waals surface area contributed by atoms with Crippen LogP contribution in [-0.4, -0.2) is 29.2 Å². The number of carbonyl (C=O) groups is 1. The standard InChI is InChI=1S/C36H32Cl2N2O3/c1-3-4-21-43-31-17-14-28(15-18-31)27-10-5-25(6-11-27)9-20-35-39-34(32-19-16-30(37)22-33(32)38)24-40(35)23-26-7-12-29(13-8-26)36(41)42-2/h5-20,22,24H,3-4,21,23H2,1-2H3. The number of ether oxygens (including phenoxy) is 2. The van der Waals surface area contributed by atoms with Gasteiger partial charge in [0.05, 0.1) is 30.0 Å². The number of methoxy groups -OCH3 is 1. The van der Waals surface area contributed by atoms with Crippen LogP contribution in [0.4, 0.5) is 0 Å². The van der Waals surface area contributed by atoms with Crippen molar-refractivity contribution >= 4 is 41.3 Å². The van der Waals surface area contributed by atoms with E-state index in [0.29, 0.717) is 22.2 Å². The van der Waals surface area contributed by atoms with E-state index >= 15 is 0 Å². The smallest absolute Gasteiger partial charge is 0.337 e. The Morgan fingerprint density at radius 1 is 0.884 bits per heavy atom. The lowest BCUT2D eigenvalue weighted by atomic mass is 10.0. The second kappa shape index (κ2) is 14.2. The van der Waals surface area contributed by atoms with Crippen molar-refractivity contribution in [1.29, 1.82) is 0 Å². The van der Waals surface area contributed by atoms with Gasteiger partial charge in [0.15, 0.2) is 0 Å². The zero-order valence-corrected chi connectivity index (χ0v) is 25.6. The van der Waals surface area contributed by atoms with Crippen LogP contribution in [0.25, 0.3) is 34.5 Å². The molecule has 5 aromatic rings. The second-order valence-corrected chi connectivity index (χ2v) is 11.0. The normalized spacial score (nSPS) is 11.2. The molecule has 0 atom stereocenters. The van der Waals surface area contributed by atoms with Crippen molar-refractivity contribution < 1.29 is 14.3 Å². The summed E-state index contributed by atoms with van der Waals surface area (Å²) in [6.45, 7) is 3.45. The molecule has 43 heavy (non-hydrogen) atoms. The van der Waals surface area contributed by atoms with Crippen molar-refractivity contribution in [2.45, 2.75) is 26.3 Å². The van der Waals surface area contributed by atoms with Gasteiger partial charge in [-0.2, -0.15) is 0 Å². The molecule has 0 radical (unpaired) electrons. The van der Waals surface area contributed by atoms with Crippen LogP contribution in [0.2, 0.25) is 10.0 Å². The van der Waals surface area contributed by atoms with Crippen LogP contribution in [-0.2, 0) is 11.3 Å². The molecule has 4 aromatic carbocycles. The van der Waals surface area contributed by atoms with Crippen molar-refractivity contribution in [2.24, 2.45) is 0 Å². The average molecular weight is 612 g/mol. The third-order valence-electron chi connectivity index (χ3n) is 7.03. The predicted octanol–water partition coefficient (Wildman–Crippen LogP) is 9.71. The third kappa shape index (κ3) is 7.75. The number of aromatic nitrogens is 2. The Morgan fingerprint density at radius 3 is 2.23 bits per heavy atom. The Kier molecular flexibility index (Phi) is 9.98. The van der Waals surface area contributed by atoms with Crippen molar-refractivity contribution in [3.05, 3.63) is 130 Å². The highest BCUT2D eigenvalue weighted by atomic mass is 35.5. The lowest BCUT2D eigenvalue weighted by Crippen LogP contribution is -2.03. The topological polar surface area (TPSA) is 53.4 Å². The summed E-state index contributed by atoms with van der Waals surface area (Å²) in [6.07, 6.45) is 8.18. The van der Waals surface area contributed by atoms with E-state index in [-0.39, 0.29) is 5.97 Å². The lowest BCUT2D eigenvalue weighted by molar-refractivity contribution is 0.0600. The minimum absolute atomic E-state index is 0.364. The molecule has 0 aliphatic rings. The Hall–Kier alpha value is -4.32. The summed E-state index contributed by atoms with van der Waals surface area (Å²) in [7, 11) is 1.37. The lowest BCUT2D eigenvalue weighted by Gasteiger charge is -2.07. The molecule has 0 unspecified atom stereocenters. The maximum absolute atomic E-state index is 11.9. The van der Waals surface area contributed by atoms with Crippen LogP contribution in [0.15, 0.2) is 97.2 Å². The van der Waals surface area contributed by atoms with Gasteiger partial charge < -0.3 is 14.0 Å². The highest BCUT2D eigenvalue weighted by molar-refractivity contribution is 6.36. The van der Waals surface area contributed by atoms with E-state index in [4.69, 9.17) is 37.7 Å². The summed E-state index contributed by atoms with van der Waals surface area (Å²) in [5, 5.41) is 1.10. The average Bonchev–Trinajstić information content (AvgIpc) is 3.42. The second-order valence-electron chi connectivity index (χ2n) is 10.1. The highest BCUT2D eigenvalue weighted by Crippen LogP contribution is 2.31. The summed E-state index contributed by atoms with van der Waals surface area (Å²) >= 11 is 12.7. The molecule has 1 heterocycles. The number of halogens is 2. The number of unbranched alkanes of at least 4 members (excludes halogenated alkanes) is 1. The number of imidazole rings is 1. The predicted molar refractivity (Wildman–Crippen MR) is 176 cm³/mol. The summed E-state index contributed by atoms with van der Waals surface area (Å²) in [6, 6.07) is 29.4. The van der Waals surface area contributed by atoms with Crippen LogP contribution in [0.1, 0.15) is 47.1 Å². The molecule has 0 amide bonds. The number of benzene rings is 4. The number of rotatable bonds is 11. The van der Waals surface area contributed by atoms with Gasteiger partial charge in [0.2, 0.25) is 0 Å². The Morgan fingerprint density at radius 2 is 1.58 bits per heavy atom. The monoisotopic (exact) mass is 610 g/mol. The van der Waals surface area contributed by atoms with E-state index in [1.807, 2.05) is 48.7 Å². The molecule has 5 rings (SSSR count). The molecule has 0 aliphatic heterocycles. The van der Waals surface area contributed by atoms with Gasteiger partial charge in [-0.15, -0.1) is 0 Å². The van der Waals surface area contributed by atoms with E-state index in [9.17, 15) is 4.79 Å². The highest BCUT2D eigenvalue weighted by Gasteiger charge is 2.13. The molecule has 0 saturated carbocycles. The van der Waals surface area contributed by atoms with E-state index in [1.54, 1.807) is 24.3 Å². The van der Waals surface area contributed by atoms with Crippen LogP contribution in [0, 0.1) is 0 Å². The fourth-order valence-electron chi connectivity index (χ4n) is 4.61. The molecule has 0 fully saturated rings. The van der Waals surface area contributed by atoms with E-state index < -0.39 is 0 Å². The van der Waals surface area contributed by atoms with Gasteiger partial charge >= 0.3 is 5.97 Å². The number of nitrogens with zero attached hydrogens (tertiary/aromatic N) is 2. The van der Waals surface area contributed by atoms with Crippen LogP contribution in [0.3, 0.4) is 0 Å². The van der Waals surface area contributed by atoms with Gasteiger partial charge in [-0.25, -0.2) is 9.78 Å². The van der Waals surface area contributed by atoms with E-state index in [1.165, 1.54) is 7.11 Å². The Labute approximate surface area is 262 Å². The van der Waals surface area contributed by atoms with Crippen molar-refractivity contribution in [2.75, 3.05) is 13.7 Å². The Balaban J connectivity index is 1.37. The molecule has 0 N–H and O–H groups in total. The molecule has 0 aliphatic carbocycles. The van der Waals surface area contributed by atoms with Crippen LogP contribution < -0.4 is 4.74 Å². The largest absolute Gasteiger partial charge is 0.494 e. The number of carbonyl (C=O) groups excluding carboxylic acids is 1. The first-order valence-corrected chi connectivity index (χ1v) is 14.9. The fourth-order valence-corrected chi connectivity index (χ4v) is 5.12. The summed E-state index contributed by atoms with van der Waals surface area (Å²) in [5.74, 6) is 1.30. The molecule has 0 bridgehead atoms. The number of esters is 1. The fraction of sp³-hybridized carbons (Fsp3) is 0.167. The van der Waals surface area contributed by atoms with Gasteiger partial charge in [-0.05, 0) is 77.2 Å². The van der Waals surface area contributed by atoms with E-state index in [0.717, 1.165) is 64.5 Å². The van der Waals surface area contributed by atoms with Gasteiger partial charge in [0, 0.05) is 23.3 Å². The van der Waals surface area contributed by atoms with Gasteiger partial charge in [-0.1, -0.05) is 91.2 Å². The molecule has 5 nitrogen and oxygen atoms in total. The van der Waals surface area contributed by atoms with Crippen molar-refractivity contribution in [3.63, 3.8) is 0 Å². The SMILES string of the molecule is CCCCOc1ccc(-c2ccc(C=Cc3nc(-c4ccc(Cl)cc4Cl)cn3Cc3ccc(C(=O)OC)cc3)cc2)cc1. The maximum Gasteiger partial charge on any atom is 0.337 e. The molecule has 7 heteroatoms. The Bertz CT molecular complexity index is 1710. The maximum atomic E-state index is 11.9. The first kappa shape index (κ1) is 30.1. The van der Waals surface area contributed by atoms with Crippen LogP contribution in [0.5, 0.6) is 5.75 Å². The quantitative estimate of drug-likeness (QED) is 0.110. The molecular weight excluding hydrogens is 579 g/mol. The number of hydrogen-bond donors (Lipinski definition) is 0. The summed E-state index contributed by atoms with van der Waals surface area (Å²) in [4.78, 5) is 16.8. The first-order chi connectivity index (χ1) is 20.9. The van der Waals surface area contributed by atoms with Crippen molar-refractivity contribution in [1.82, 2.24) is 9.55 Å². The van der Waals surface area contributed by atoms with Gasteiger partial charge in [-0.3, -0.25) is 0 Å². The van der Waals surface area contributed by atoms with E-state index in [2.05, 4.69) is 47.9 Å². The zero-order chi connectivity index (χ0) is 30.2. The first-order valence-electron chi connectivity index (χ1n) is 14.1. The summed E-state index contributed by atoms with van der Waals surface area (Å²) in [5.41, 5.74) is 6.37. The van der Waals surface area contributed by atoms with Crippen molar-refractivity contribution in [3.8, 4) is 28.1 Å². The molecule has 1 aromatic heterocycles. The minimum atomic E-state index is -0.364. The zero-order valence-electron chi connectivity index (χ0n) is 24.1. The van der Waals surface area contributed by atoms with Gasteiger partial charge in [0.1, 0.15) is 11.6 Å². The van der Waals surface area contributed by atoms with Crippen LogP contribution >= 0.6 is 23.2 Å². The minimum Gasteiger partial charge on any atom is -0.494 e.